The normalized spacial score (nSPS) is 13.1. The third-order valence-corrected chi connectivity index (χ3v) is 3.63. The average molecular weight is 250 g/mol. The first-order chi connectivity index (χ1) is 9.33. The number of benzene rings is 1. The van der Waals surface area contributed by atoms with E-state index in [9.17, 15) is 0 Å². The Hall–Kier alpha value is -2.36. The Kier molecular flexibility index (Phi) is 2.12. The van der Waals surface area contributed by atoms with Crippen molar-refractivity contribution in [3.05, 3.63) is 53.7 Å². The molecule has 0 radical (unpaired) electrons. The van der Waals surface area contributed by atoms with Gasteiger partial charge in [-0.05, 0) is 31.9 Å². The molecule has 2 aromatic heterocycles. The van der Waals surface area contributed by atoms with E-state index < -0.39 is 0 Å². The lowest BCUT2D eigenvalue weighted by Gasteiger charge is -2.13. The number of rotatable bonds is 1. The Balaban J connectivity index is 1.90. The van der Waals surface area contributed by atoms with Gasteiger partial charge >= 0.3 is 0 Å². The number of hydrogen-bond donors (Lipinski definition) is 1. The highest BCUT2D eigenvalue weighted by atomic mass is 15.3. The maximum absolute atomic E-state index is 4.59. The molecule has 0 atom stereocenters. The van der Waals surface area contributed by atoms with E-state index in [1.54, 1.807) is 0 Å². The lowest BCUT2D eigenvalue weighted by molar-refractivity contribution is 0.773. The van der Waals surface area contributed by atoms with E-state index in [0.29, 0.717) is 0 Å². The molecule has 0 saturated heterocycles. The Morgan fingerprint density at radius 3 is 2.84 bits per heavy atom. The maximum atomic E-state index is 4.59. The lowest BCUT2D eigenvalue weighted by Crippen LogP contribution is -2.08. The van der Waals surface area contributed by atoms with Crippen molar-refractivity contribution in [3.8, 4) is 16.9 Å². The zero-order chi connectivity index (χ0) is 12.8. The first-order valence-corrected chi connectivity index (χ1v) is 6.51. The van der Waals surface area contributed by atoms with Crippen LogP contribution in [0.4, 0.5) is 0 Å². The number of nitrogens with zero attached hydrogens (tertiary/aromatic N) is 3. The van der Waals surface area contributed by atoms with Gasteiger partial charge in [0.25, 0.3) is 0 Å². The Labute approximate surface area is 111 Å². The predicted molar refractivity (Wildman–Crippen MR) is 73.3 cm³/mol. The van der Waals surface area contributed by atoms with E-state index in [2.05, 4.69) is 27.2 Å². The molecule has 4 heteroatoms. The van der Waals surface area contributed by atoms with Crippen LogP contribution in [-0.4, -0.2) is 19.7 Å². The molecular formula is C15H14N4. The molecule has 94 valence electrons. The van der Waals surface area contributed by atoms with Gasteiger partial charge in [-0.3, -0.25) is 0 Å². The molecule has 0 saturated carbocycles. The molecule has 4 rings (SSSR count). The van der Waals surface area contributed by atoms with Crippen LogP contribution in [0, 0.1) is 6.92 Å². The monoisotopic (exact) mass is 250 g/mol. The Morgan fingerprint density at radius 2 is 2.00 bits per heavy atom. The van der Waals surface area contributed by atoms with Crippen LogP contribution in [0.3, 0.4) is 0 Å². The van der Waals surface area contributed by atoms with E-state index >= 15 is 0 Å². The number of nitrogens with one attached hydrogen (secondary N) is 1. The van der Waals surface area contributed by atoms with Crippen LogP contribution in [0.2, 0.25) is 0 Å². The highest BCUT2D eigenvalue weighted by Crippen LogP contribution is 2.32. The molecule has 3 aromatic rings. The standard InChI is InChI=1S/C15H14N4/c1-10-17-13-7-8-14-12(15(13)18-10)9-16-19(14)11-5-3-2-4-6-11/h2-6,9H,7-8H2,1H3,(H,17,18). The summed E-state index contributed by atoms with van der Waals surface area (Å²) in [4.78, 5) is 7.93. The Morgan fingerprint density at radius 1 is 1.16 bits per heavy atom. The second-order valence-electron chi connectivity index (χ2n) is 4.90. The minimum absolute atomic E-state index is 0.977. The first-order valence-electron chi connectivity index (χ1n) is 6.51. The van der Waals surface area contributed by atoms with E-state index in [0.717, 1.165) is 35.6 Å². The van der Waals surface area contributed by atoms with Gasteiger partial charge in [0, 0.05) is 11.3 Å². The molecule has 0 bridgehead atoms. The van der Waals surface area contributed by atoms with Crippen LogP contribution in [0.1, 0.15) is 17.2 Å². The number of aryl methyl sites for hydroxylation is 2. The lowest BCUT2D eigenvalue weighted by atomic mass is 9.99. The molecule has 0 amide bonds. The molecule has 0 aliphatic heterocycles. The van der Waals surface area contributed by atoms with Gasteiger partial charge in [0.1, 0.15) is 5.82 Å². The van der Waals surface area contributed by atoms with Crippen molar-refractivity contribution < 1.29 is 0 Å². The van der Waals surface area contributed by atoms with Crippen molar-refractivity contribution in [1.82, 2.24) is 19.7 Å². The van der Waals surface area contributed by atoms with Gasteiger partial charge < -0.3 is 4.98 Å². The zero-order valence-corrected chi connectivity index (χ0v) is 10.7. The van der Waals surface area contributed by atoms with Crippen LogP contribution in [0.25, 0.3) is 16.9 Å². The van der Waals surface area contributed by atoms with Crippen LogP contribution in [-0.2, 0) is 12.8 Å². The number of H-pyrrole nitrogens is 1. The molecule has 0 unspecified atom stereocenters. The summed E-state index contributed by atoms with van der Waals surface area (Å²) in [7, 11) is 0. The van der Waals surface area contributed by atoms with Crippen molar-refractivity contribution in [2.24, 2.45) is 0 Å². The Bertz CT molecular complexity index is 737. The minimum Gasteiger partial charge on any atom is -0.346 e. The predicted octanol–water partition coefficient (Wildman–Crippen LogP) is 2.67. The summed E-state index contributed by atoms with van der Waals surface area (Å²) in [6.45, 7) is 2.00. The number of imidazole rings is 1. The third-order valence-electron chi connectivity index (χ3n) is 3.63. The van der Waals surface area contributed by atoms with Gasteiger partial charge in [0.15, 0.2) is 0 Å². The van der Waals surface area contributed by atoms with Crippen LogP contribution < -0.4 is 0 Å². The summed E-state index contributed by atoms with van der Waals surface area (Å²) in [6, 6.07) is 10.3. The molecule has 1 aliphatic rings. The summed E-state index contributed by atoms with van der Waals surface area (Å²) in [5.41, 5.74) is 5.83. The van der Waals surface area contributed by atoms with E-state index in [1.165, 1.54) is 11.4 Å². The summed E-state index contributed by atoms with van der Waals surface area (Å²) < 4.78 is 2.03. The summed E-state index contributed by atoms with van der Waals surface area (Å²) in [5.74, 6) is 0.977. The number of hydrogen-bond acceptors (Lipinski definition) is 2. The fourth-order valence-electron chi connectivity index (χ4n) is 2.79. The second-order valence-corrected chi connectivity index (χ2v) is 4.90. The molecule has 0 spiro atoms. The average Bonchev–Trinajstić information content (AvgIpc) is 3.01. The smallest absolute Gasteiger partial charge is 0.103 e. The first kappa shape index (κ1) is 10.6. The molecule has 0 fully saturated rings. The molecule has 4 nitrogen and oxygen atoms in total. The number of fused-ring (bicyclic) bond motifs is 3. The van der Waals surface area contributed by atoms with E-state index in [4.69, 9.17) is 0 Å². The zero-order valence-electron chi connectivity index (χ0n) is 10.7. The number of aromatic amines is 1. The summed E-state index contributed by atoms with van der Waals surface area (Å²) in [5, 5.41) is 4.54. The van der Waals surface area contributed by atoms with Crippen molar-refractivity contribution in [2.45, 2.75) is 19.8 Å². The number of aromatic nitrogens is 4. The molecule has 1 aliphatic carbocycles. The largest absolute Gasteiger partial charge is 0.346 e. The molecule has 19 heavy (non-hydrogen) atoms. The van der Waals surface area contributed by atoms with Crippen LogP contribution >= 0.6 is 0 Å². The molecule has 1 aromatic carbocycles. The molecular weight excluding hydrogens is 236 g/mol. The highest BCUT2D eigenvalue weighted by Gasteiger charge is 2.23. The van der Waals surface area contributed by atoms with Crippen molar-refractivity contribution in [2.75, 3.05) is 0 Å². The van der Waals surface area contributed by atoms with Gasteiger partial charge in [-0.2, -0.15) is 5.10 Å². The van der Waals surface area contributed by atoms with Crippen LogP contribution in [0.5, 0.6) is 0 Å². The fraction of sp³-hybridized carbons (Fsp3) is 0.200. The van der Waals surface area contributed by atoms with E-state index in [-0.39, 0.29) is 0 Å². The SMILES string of the molecule is Cc1nc2c([nH]1)CCc1c-2cnn1-c1ccccc1. The summed E-state index contributed by atoms with van der Waals surface area (Å²) in [6.07, 6.45) is 3.93. The van der Waals surface area contributed by atoms with Gasteiger partial charge in [-0.25, -0.2) is 9.67 Å². The van der Waals surface area contributed by atoms with Crippen LogP contribution in [0.15, 0.2) is 36.5 Å². The molecule has 1 N–H and O–H groups in total. The summed E-state index contributed by atoms with van der Waals surface area (Å²) >= 11 is 0. The highest BCUT2D eigenvalue weighted by molar-refractivity contribution is 5.67. The van der Waals surface area contributed by atoms with Crippen molar-refractivity contribution >= 4 is 0 Å². The van der Waals surface area contributed by atoms with Crippen molar-refractivity contribution in [1.29, 1.82) is 0 Å². The second kappa shape index (κ2) is 3.82. The van der Waals surface area contributed by atoms with Gasteiger partial charge in [0.2, 0.25) is 0 Å². The minimum atomic E-state index is 0.977. The molecule has 2 heterocycles. The third kappa shape index (κ3) is 1.53. The van der Waals surface area contributed by atoms with Gasteiger partial charge in [-0.1, -0.05) is 18.2 Å². The van der Waals surface area contributed by atoms with Crippen molar-refractivity contribution in [3.63, 3.8) is 0 Å². The fourth-order valence-corrected chi connectivity index (χ4v) is 2.79. The maximum Gasteiger partial charge on any atom is 0.103 e. The van der Waals surface area contributed by atoms with E-state index in [1.807, 2.05) is 36.0 Å². The number of para-hydroxylation sites is 1. The van der Waals surface area contributed by atoms with Gasteiger partial charge in [-0.15, -0.1) is 0 Å². The van der Waals surface area contributed by atoms with Gasteiger partial charge in [0.05, 0.1) is 23.3 Å². The topological polar surface area (TPSA) is 46.5 Å². The quantitative estimate of drug-likeness (QED) is 0.721.